The molecule has 0 radical (unpaired) electrons. The summed E-state index contributed by atoms with van der Waals surface area (Å²) in [6, 6.07) is 4.13. The number of thiophene rings is 2. The molecule has 5 heteroatoms. The van der Waals surface area contributed by atoms with Gasteiger partial charge in [-0.25, -0.2) is 9.79 Å². The van der Waals surface area contributed by atoms with Gasteiger partial charge in [-0.2, -0.15) is 0 Å². The predicted molar refractivity (Wildman–Crippen MR) is 88.6 cm³/mol. The molecular formula is C16H17NO2S2. The van der Waals surface area contributed by atoms with E-state index in [-0.39, 0.29) is 5.97 Å². The van der Waals surface area contributed by atoms with E-state index < -0.39 is 0 Å². The van der Waals surface area contributed by atoms with E-state index >= 15 is 0 Å². The number of carbonyl (C=O) groups excluding carboxylic acids is 1. The Morgan fingerprint density at radius 1 is 1.38 bits per heavy atom. The summed E-state index contributed by atoms with van der Waals surface area (Å²) in [4.78, 5) is 20.4. The minimum atomic E-state index is -0.230. The third-order valence-corrected chi connectivity index (χ3v) is 5.59. The van der Waals surface area contributed by atoms with Crippen molar-refractivity contribution in [1.82, 2.24) is 0 Å². The van der Waals surface area contributed by atoms with Gasteiger partial charge in [0.15, 0.2) is 0 Å². The maximum atomic E-state index is 12.2. The quantitative estimate of drug-likeness (QED) is 0.613. The second kappa shape index (κ2) is 6.12. The van der Waals surface area contributed by atoms with Gasteiger partial charge in [0.1, 0.15) is 5.00 Å². The first-order valence-electron chi connectivity index (χ1n) is 7.11. The zero-order valence-corrected chi connectivity index (χ0v) is 13.8. The Balaban J connectivity index is 1.94. The molecule has 0 aromatic carbocycles. The average molecular weight is 319 g/mol. The zero-order chi connectivity index (χ0) is 14.8. The van der Waals surface area contributed by atoms with Crippen molar-refractivity contribution in [2.24, 2.45) is 4.99 Å². The summed E-state index contributed by atoms with van der Waals surface area (Å²) in [6.45, 7) is 4.31. The lowest BCUT2D eigenvalue weighted by Crippen LogP contribution is -2.06. The number of hydrogen-bond acceptors (Lipinski definition) is 5. The molecule has 0 amide bonds. The van der Waals surface area contributed by atoms with Crippen LogP contribution in [-0.2, 0) is 17.6 Å². The lowest BCUT2D eigenvalue weighted by molar-refractivity contribution is 0.0527. The van der Waals surface area contributed by atoms with Crippen molar-refractivity contribution in [1.29, 1.82) is 0 Å². The molecule has 2 aromatic rings. The van der Waals surface area contributed by atoms with Gasteiger partial charge < -0.3 is 4.74 Å². The maximum absolute atomic E-state index is 12.2. The van der Waals surface area contributed by atoms with Crippen LogP contribution in [0.4, 0.5) is 5.00 Å². The first-order valence-corrected chi connectivity index (χ1v) is 8.74. The number of esters is 1. The molecule has 1 aliphatic rings. The van der Waals surface area contributed by atoms with Crippen LogP contribution in [0.25, 0.3) is 0 Å². The van der Waals surface area contributed by atoms with Gasteiger partial charge in [0.2, 0.25) is 0 Å². The Labute approximate surface area is 132 Å². The molecule has 0 bridgehead atoms. The monoisotopic (exact) mass is 319 g/mol. The Morgan fingerprint density at radius 2 is 2.24 bits per heavy atom. The molecule has 3 nitrogen and oxygen atoms in total. The fourth-order valence-corrected chi connectivity index (χ4v) is 4.51. The summed E-state index contributed by atoms with van der Waals surface area (Å²) in [5.74, 6) is -0.230. The van der Waals surface area contributed by atoms with Gasteiger partial charge in [-0.05, 0) is 50.8 Å². The van der Waals surface area contributed by atoms with Gasteiger partial charge >= 0.3 is 5.97 Å². The van der Waals surface area contributed by atoms with Gasteiger partial charge in [0.05, 0.1) is 12.2 Å². The lowest BCUT2D eigenvalue weighted by atomic mass is 10.1. The third kappa shape index (κ3) is 2.94. The minimum absolute atomic E-state index is 0.230. The molecular weight excluding hydrogens is 302 g/mol. The number of nitrogens with zero attached hydrogens (tertiary/aromatic N) is 1. The van der Waals surface area contributed by atoms with Crippen molar-refractivity contribution in [3.63, 3.8) is 0 Å². The molecule has 21 heavy (non-hydrogen) atoms. The van der Waals surface area contributed by atoms with E-state index in [1.807, 2.05) is 13.1 Å². The Kier molecular flexibility index (Phi) is 4.22. The summed E-state index contributed by atoms with van der Waals surface area (Å²) < 4.78 is 5.20. The highest BCUT2D eigenvalue weighted by atomic mass is 32.1. The van der Waals surface area contributed by atoms with Crippen LogP contribution in [0, 0.1) is 6.92 Å². The van der Waals surface area contributed by atoms with E-state index in [9.17, 15) is 4.79 Å². The number of hydrogen-bond donors (Lipinski definition) is 0. The largest absolute Gasteiger partial charge is 0.462 e. The summed E-state index contributed by atoms with van der Waals surface area (Å²) in [5, 5.41) is 0.796. The zero-order valence-electron chi connectivity index (χ0n) is 12.1. The molecule has 0 N–H and O–H groups in total. The number of carbonyl (C=O) groups is 1. The van der Waals surface area contributed by atoms with Crippen LogP contribution in [0.5, 0.6) is 0 Å². The fourth-order valence-electron chi connectivity index (χ4n) is 2.54. The highest BCUT2D eigenvalue weighted by molar-refractivity contribution is 7.16. The van der Waals surface area contributed by atoms with Gasteiger partial charge in [0, 0.05) is 20.8 Å². The molecule has 3 rings (SSSR count). The molecule has 0 atom stereocenters. The summed E-state index contributed by atoms with van der Waals surface area (Å²) >= 11 is 3.34. The van der Waals surface area contributed by atoms with Crippen molar-refractivity contribution in [3.05, 3.63) is 37.9 Å². The molecule has 0 unspecified atom stereocenters. The van der Waals surface area contributed by atoms with Crippen molar-refractivity contribution in [2.45, 2.75) is 33.1 Å². The normalized spacial score (nSPS) is 13.8. The van der Waals surface area contributed by atoms with Crippen LogP contribution in [-0.4, -0.2) is 18.8 Å². The molecule has 0 fully saturated rings. The Morgan fingerprint density at radius 3 is 2.95 bits per heavy atom. The molecule has 2 heterocycles. The smallest absolute Gasteiger partial charge is 0.341 e. The molecule has 110 valence electrons. The van der Waals surface area contributed by atoms with E-state index in [1.165, 1.54) is 9.75 Å². The Bertz CT molecular complexity index is 697. The van der Waals surface area contributed by atoms with Gasteiger partial charge in [-0.1, -0.05) is 0 Å². The van der Waals surface area contributed by atoms with Crippen molar-refractivity contribution in [3.8, 4) is 0 Å². The first kappa shape index (κ1) is 14.5. The molecule has 0 saturated heterocycles. The van der Waals surface area contributed by atoms with E-state index in [2.05, 4.69) is 24.0 Å². The van der Waals surface area contributed by atoms with Crippen LogP contribution in [0.15, 0.2) is 17.1 Å². The van der Waals surface area contributed by atoms with Crippen molar-refractivity contribution >= 4 is 39.9 Å². The molecule has 0 spiro atoms. The minimum Gasteiger partial charge on any atom is -0.462 e. The summed E-state index contributed by atoms with van der Waals surface area (Å²) in [7, 11) is 0. The molecule has 0 aliphatic heterocycles. The van der Waals surface area contributed by atoms with Crippen molar-refractivity contribution < 1.29 is 9.53 Å². The van der Waals surface area contributed by atoms with Gasteiger partial charge in [0.25, 0.3) is 0 Å². The van der Waals surface area contributed by atoms with E-state index in [0.29, 0.717) is 12.2 Å². The first-order chi connectivity index (χ1) is 10.2. The van der Waals surface area contributed by atoms with Crippen LogP contribution in [0.3, 0.4) is 0 Å². The van der Waals surface area contributed by atoms with Crippen LogP contribution in [0.1, 0.15) is 43.9 Å². The fraction of sp³-hybridized carbons (Fsp3) is 0.375. The highest BCUT2D eigenvalue weighted by Crippen LogP contribution is 2.41. The standard InChI is InChI=1S/C16H17NO2S2/c1-3-19-16(18)14-12-5-4-6-13(12)21-15(14)17-9-11-8-7-10(2)20-11/h7-9H,3-6H2,1-2H3. The summed E-state index contributed by atoms with van der Waals surface area (Å²) in [5.41, 5.74) is 1.85. The number of ether oxygens (including phenoxy) is 1. The number of rotatable bonds is 4. The second-order valence-electron chi connectivity index (χ2n) is 4.96. The van der Waals surface area contributed by atoms with Crippen LogP contribution < -0.4 is 0 Å². The van der Waals surface area contributed by atoms with Gasteiger partial charge in [-0.3, -0.25) is 0 Å². The van der Waals surface area contributed by atoms with Crippen molar-refractivity contribution in [2.75, 3.05) is 6.61 Å². The van der Waals surface area contributed by atoms with Crippen LogP contribution in [0.2, 0.25) is 0 Å². The lowest BCUT2D eigenvalue weighted by Gasteiger charge is -2.03. The Hall–Kier alpha value is -1.46. The highest BCUT2D eigenvalue weighted by Gasteiger charge is 2.27. The topological polar surface area (TPSA) is 38.7 Å². The predicted octanol–water partition coefficient (Wildman–Crippen LogP) is 4.53. The van der Waals surface area contributed by atoms with Crippen LogP contribution >= 0.6 is 22.7 Å². The average Bonchev–Trinajstić information content (AvgIpc) is 3.11. The summed E-state index contributed by atoms with van der Waals surface area (Å²) in [6.07, 6.45) is 5.00. The SMILES string of the molecule is CCOC(=O)c1c(N=Cc2ccc(C)s2)sc2c1CCC2. The van der Waals surface area contributed by atoms with E-state index in [0.717, 1.165) is 34.7 Å². The molecule has 2 aromatic heterocycles. The van der Waals surface area contributed by atoms with E-state index in [1.54, 1.807) is 22.7 Å². The number of fused-ring (bicyclic) bond motifs is 1. The molecule has 0 saturated carbocycles. The van der Waals surface area contributed by atoms with E-state index in [4.69, 9.17) is 4.74 Å². The third-order valence-electron chi connectivity index (χ3n) is 3.45. The number of aryl methyl sites for hydroxylation is 2. The molecule has 1 aliphatic carbocycles. The maximum Gasteiger partial charge on any atom is 0.341 e. The van der Waals surface area contributed by atoms with Gasteiger partial charge in [-0.15, -0.1) is 22.7 Å². The number of aliphatic imine (C=N–C) groups is 1. The second-order valence-corrected chi connectivity index (χ2v) is 7.37.